The number of aromatic nitrogens is 1. The van der Waals surface area contributed by atoms with Gasteiger partial charge in [-0.1, -0.05) is 6.07 Å². The number of pyridine rings is 1. The maximum Gasteiger partial charge on any atom is 0.0299 e. The van der Waals surface area contributed by atoms with Gasteiger partial charge in [-0.25, -0.2) is 0 Å². The molecular formula is C14H17BrN2S. The van der Waals surface area contributed by atoms with Gasteiger partial charge < -0.3 is 5.32 Å². The molecule has 0 bridgehead atoms. The summed E-state index contributed by atoms with van der Waals surface area (Å²) in [5, 5.41) is 5.54. The number of halogens is 1. The van der Waals surface area contributed by atoms with Crippen LogP contribution in [-0.4, -0.2) is 18.1 Å². The van der Waals surface area contributed by atoms with Gasteiger partial charge in [-0.15, -0.1) is 11.3 Å². The van der Waals surface area contributed by atoms with Gasteiger partial charge in [0.1, 0.15) is 0 Å². The number of rotatable bonds is 6. The second kappa shape index (κ2) is 7.02. The van der Waals surface area contributed by atoms with Crippen LogP contribution < -0.4 is 5.32 Å². The van der Waals surface area contributed by atoms with E-state index in [2.05, 4.69) is 43.7 Å². The molecule has 18 heavy (non-hydrogen) atoms. The molecule has 2 aromatic heterocycles. The van der Waals surface area contributed by atoms with Crippen molar-refractivity contribution in [2.75, 3.05) is 7.05 Å². The van der Waals surface area contributed by atoms with Gasteiger partial charge in [0.05, 0.1) is 0 Å². The number of likely N-dealkylation sites (N-methyl/N-ethyl adjacent to an activating group) is 1. The van der Waals surface area contributed by atoms with Crippen molar-refractivity contribution in [1.82, 2.24) is 10.3 Å². The third-order valence-corrected chi connectivity index (χ3v) is 4.70. The Bertz CT molecular complexity index is 470. The van der Waals surface area contributed by atoms with Crippen molar-refractivity contribution >= 4 is 27.3 Å². The first-order valence-electron chi connectivity index (χ1n) is 6.07. The van der Waals surface area contributed by atoms with E-state index in [1.165, 1.54) is 14.9 Å². The molecule has 4 heteroatoms. The second-order valence-electron chi connectivity index (χ2n) is 4.32. The minimum Gasteiger partial charge on any atom is -0.317 e. The Kier molecular flexibility index (Phi) is 5.35. The summed E-state index contributed by atoms with van der Waals surface area (Å²) in [6.07, 6.45) is 7.08. The Labute approximate surface area is 121 Å². The fourth-order valence-electron chi connectivity index (χ4n) is 1.94. The lowest BCUT2D eigenvalue weighted by Gasteiger charge is -2.15. The van der Waals surface area contributed by atoms with Gasteiger partial charge in [-0.2, -0.15) is 0 Å². The number of hydrogen-bond acceptors (Lipinski definition) is 3. The maximum absolute atomic E-state index is 4.15. The standard InChI is InChI=1S/C14H17BrN2S/c1-16-13(8-14-7-12(15)10-18-14)5-4-11-3-2-6-17-9-11/h2-3,6-7,9-10,13,16H,4-5,8H2,1H3. The van der Waals surface area contributed by atoms with Crippen molar-refractivity contribution in [2.45, 2.75) is 25.3 Å². The second-order valence-corrected chi connectivity index (χ2v) is 6.23. The van der Waals surface area contributed by atoms with E-state index in [1.807, 2.05) is 36.8 Å². The summed E-state index contributed by atoms with van der Waals surface area (Å²) < 4.78 is 1.18. The van der Waals surface area contributed by atoms with Gasteiger partial charge in [0.15, 0.2) is 0 Å². The Morgan fingerprint density at radius 1 is 1.50 bits per heavy atom. The Morgan fingerprint density at radius 3 is 3.00 bits per heavy atom. The van der Waals surface area contributed by atoms with Gasteiger partial charge in [0, 0.05) is 33.2 Å². The van der Waals surface area contributed by atoms with Crippen molar-refractivity contribution in [3.05, 3.63) is 50.9 Å². The summed E-state index contributed by atoms with van der Waals surface area (Å²) in [7, 11) is 2.04. The number of nitrogens with zero attached hydrogens (tertiary/aromatic N) is 1. The van der Waals surface area contributed by atoms with Crippen molar-refractivity contribution < 1.29 is 0 Å². The summed E-state index contributed by atoms with van der Waals surface area (Å²) in [6, 6.07) is 6.87. The normalized spacial score (nSPS) is 12.6. The van der Waals surface area contributed by atoms with Crippen molar-refractivity contribution in [3.8, 4) is 0 Å². The first-order chi connectivity index (χ1) is 8.78. The van der Waals surface area contributed by atoms with Gasteiger partial charge >= 0.3 is 0 Å². The van der Waals surface area contributed by atoms with Crippen LogP contribution in [0, 0.1) is 0 Å². The van der Waals surface area contributed by atoms with E-state index in [-0.39, 0.29) is 0 Å². The highest BCUT2D eigenvalue weighted by atomic mass is 79.9. The average molecular weight is 325 g/mol. The number of nitrogens with one attached hydrogen (secondary N) is 1. The van der Waals surface area contributed by atoms with E-state index in [0.717, 1.165) is 19.3 Å². The van der Waals surface area contributed by atoms with Crippen LogP contribution in [0.2, 0.25) is 0 Å². The molecule has 0 spiro atoms. The largest absolute Gasteiger partial charge is 0.317 e. The van der Waals surface area contributed by atoms with E-state index in [4.69, 9.17) is 0 Å². The summed E-state index contributed by atoms with van der Waals surface area (Å²) in [5.41, 5.74) is 1.31. The molecule has 2 heterocycles. The van der Waals surface area contributed by atoms with Gasteiger partial charge in [-0.05, 0) is 59.9 Å². The van der Waals surface area contributed by atoms with Crippen LogP contribution in [0.15, 0.2) is 40.4 Å². The quantitative estimate of drug-likeness (QED) is 0.876. The highest BCUT2D eigenvalue weighted by Gasteiger charge is 2.09. The SMILES string of the molecule is CNC(CCc1cccnc1)Cc1cc(Br)cs1. The van der Waals surface area contributed by atoms with E-state index in [1.54, 1.807) is 0 Å². The number of aryl methyl sites for hydroxylation is 1. The Hall–Kier alpha value is -0.710. The van der Waals surface area contributed by atoms with Crippen LogP contribution in [0.5, 0.6) is 0 Å². The van der Waals surface area contributed by atoms with Crippen LogP contribution in [-0.2, 0) is 12.8 Å². The number of thiophene rings is 1. The highest BCUT2D eigenvalue weighted by molar-refractivity contribution is 9.10. The fraction of sp³-hybridized carbons (Fsp3) is 0.357. The molecule has 1 N–H and O–H groups in total. The smallest absolute Gasteiger partial charge is 0.0299 e. The molecule has 0 radical (unpaired) electrons. The lowest BCUT2D eigenvalue weighted by atomic mass is 10.0. The lowest BCUT2D eigenvalue weighted by molar-refractivity contribution is 0.523. The highest BCUT2D eigenvalue weighted by Crippen LogP contribution is 2.21. The molecule has 96 valence electrons. The zero-order chi connectivity index (χ0) is 12.8. The van der Waals surface area contributed by atoms with E-state index < -0.39 is 0 Å². The molecule has 0 fully saturated rings. The van der Waals surface area contributed by atoms with E-state index >= 15 is 0 Å². The van der Waals surface area contributed by atoms with Gasteiger partial charge in [0.25, 0.3) is 0 Å². The summed E-state index contributed by atoms with van der Waals surface area (Å²) in [4.78, 5) is 5.57. The molecule has 0 aromatic carbocycles. The van der Waals surface area contributed by atoms with Crippen molar-refractivity contribution in [1.29, 1.82) is 0 Å². The predicted octanol–water partition coefficient (Wildman–Crippen LogP) is 3.67. The van der Waals surface area contributed by atoms with Crippen LogP contribution in [0.4, 0.5) is 0 Å². The topological polar surface area (TPSA) is 24.9 Å². The molecule has 0 aliphatic rings. The minimum atomic E-state index is 0.524. The molecule has 1 atom stereocenters. The summed E-state index contributed by atoms with van der Waals surface area (Å²) in [6.45, 7) is 0. The maximum atomic E-state index is 4.15. The molecule has 2 aromatic rings. The molecule has 0 amide bonds. The van der Waals surface area contributed by atoms with E-state index in [9.17, 15) is 0 Å². The molecule has 2 rings (SSSR count). The third-order valence-electron chi connectivity index (χ3n) is 2.98. The predicted molar refractivity (Wildman–Crippen MR) is 81.1 cm³/mol. The average Bonchev–Trinajstić information content (AvgIpc) is 2.81. The monoisotopic (exact) mass is 324 g/mol. The van der Waals surface area contributed by atoms with Crippen LogP contribution in [0.3, 0.4) is 0 Å². The zero-order valence-corrected chi connectivity index (χ0v) is 12.8. The molecule has 2 nitrogen and oxygen atoms in total. The molecule has 0 saturated heterocycles. The minimum absolute atomic E-state index is 0.524. The van der Waals surface area contributed by atoms with Crippen molar-refractivity contribution in [2.24, 2.45) is 0 Å². The fourth-order valence-corrected chi connectivity index (χ4v) is 3.47. The molecular weight excluding hydrogens is 308 g/mol. The first-order valence-corrected chi connectivity index (χ1v) is 7.74. The number of hydrogen-bond donors (Lipinski definition) is 1. The zero-order valence-electron chi connectivity index (χ0n) is 10.4. The van der Waals surface area contributed by atoms with Crippen LogP contribution >= 0.6 is 27.3 Å². The first kappa shape index (κ1) is 13.7. The summed E-state index contributed by atoms with van der Waals surface area (Å²) in [5.74, 6) is 0. The molecule has 0 aliphatic heterocycles. The Balaban J connectivity index is 1.86. The van der Waals surface area contributed by atoms with Crippen LogP contribution in [0.1, 0.15) is 16.9 Å². The molecule has 1 unspecified atom stereocenters. The van der Waals surface area contributed by atoms with Gasteiger partial charge in [0.2, 0.25) is 0 Å². The molecule has 0 aliphatic carbocycles. The third kappa shape index (κ3) is 4.19. The van der Waals surface area contributed by atoms with Gasteiger partial charge in [-0.3, -0.25) is 4.98 Å². The lowest BCUT2D eigenvalue weighted by Crippen LogP contribution is -2.27. The summed E-state index contributed by atoms with van der Waals surface area (Å²) >= 11 is 5.32. The van der Waals surface area contributed by atoms with E-state index in [0.29, 0.717) is 6.04 Å². The Morgan fingerprint density at radius 2 is 2.39 bits per heavy atom. The van der Waals surface area contributed by atoms with Crippen LogP contribution in [0.25, 0.3) is 0 Å². The van der Waals surface area contributed by atoms with Crippen molar-refractivity contribution in [3.63, 3.8) is 0 Å². The molecule has 0 saturated carbocycles.